The summed E-state index contributed by atoms with van der Waals surface area (Å²) in [6, 6.07) is 2.10. The molecule has 1 fully saturated rings. The molecule has 6 heteroatoms. The summed E-state index contributed by atoms with van der Waals surface area (Å²) in [5.41, 5.74) is 0. The SMILES string of the molecule is CCNc1nc(N(C)CC2CCCCO2)c2ccsc2n1. The number of ether oxygens (including phenoxy) is 1. The van der Waals surface area contributed by atoms with Gasteiger partial charge in [0.2, 0.25) is 5.95 Å². The fraction of sp³-hybridized carbons (Fsp3) is 0.600. The third-order valence-corrected chi connectivity index (χ3v) is 4.56. The molecule has 2 aromatic heterocycles. The maximum atomic E-state index is 5.84. The molecular weight excluding hydrogens is 284 g/mol. The van der Waals surface area contributed by atoms with Crippen molar-refractivity contribution in [3.05, 3.63) is 11.4 Å². The molecule has 2 aromatic rings. The number of likely N-dealkylation sites (N-methyl/N-ethyl adjacent to an activating group) is 1. The summed E-state index contributed by atoms with van der Waals surface area (Å²) in [5.74, 6) is 1.70. The summed E-state index contributed by atoms with van der Waals surface area (Å²) >= 11 is 1.66. The molecule has 0 bridgehead atoms. The van der Waals surface area contributed by atoms with E-state index < -0.39 is 0 Å². The Kier molecular flexibility index (Phi) is 4.55. The topological polar surface area (TPSA) is 50.3 Å². The molecular formula is C15H22N4OS. The van der Waals surface area contributed by atoms with E-state index in [4.69, 9.17) is 4.74 Å². The zero-order chi connectivity index (χ0) is 14.7. The summed E-state index contributed by atoms with van der Waals surface area (Å²) in [5, 5.41) is 6.41. The fourth-order valence-corrected chi connectivity index (χ4v) is 3.47. The van der Waals surface area contributed by atoms with Crippen LogP contribution < -0.4 is 10.2 Å². The predicted octanol–water partition coefficient (Wildman–Crippen LogP) is 3.13. The molecule has 1 unspecified atom stereocenters. The van der Waals surface area contributed by atoms with E-state index in [1.165, 1.54) is 12.8 Å². The largest absolute Gasteiger partial charge is 0.376 e. The van der Waals surface area contributed by atoms with Crippen molar-refractivity contribution in [1.82, 2.24) is 9.97 Å². The average molecular weight is 306 g/mol. The van der Waals surface area contributed by atoms with E-state index in [1.807, 2.05) is 0 Å². The molecule has 0 aromatic carbocycles. The second kappa shape index (κ2) is 6.58. The van der Waals surface area contributed by atoms with Gasteiger partial charge in [0, 0.05) is 26.7 Å². The van der Waals surface area contributed by atoms with Gasteiger partial charge < -0.3 is 15.0 Å². The van der Waals surface area contributed by atoms with Gasteiger partial charge in [0.05, 0.1) is 11.5 Å². The smallest absolute Gasteiger partial charge is 0.226 e. The first-order chi connectivity index (χ1) is 10.3. The molecule has 3 rings (SSSR count). The van der Waals surface area contributed by atoms with Crippen LogP contribution in [0.5, 0.6) is 0 Å². The third-order valence-electron chi connectivity index (χ3n) is 3.75. The number of rotatable bonds is 5. The number of aromatic nitrogens is 2. The Morgan fingerprint density at radius 3 is 3.10 bits per heavy atom. The van der Waals surface area contributed by atoms with Gasteiger partial charge >= 0.3 is 0 Å². The molecule has 5 nitrogen and oxygen atoms in total. The number of nitrogens with one attached hydrogen (secondary N) is 1. The van der Waals surface area contributed by atoms with Crippen LogP contribution in [-0.4, -0.2) is 42.8 Å². The summed E-state index contributed by atoms with van der Waals surface area (Å²) < 4.78 is 5.84. The van der Waals surface area contributed by atoms with Crippen LogP contribution in [0.3, 0.4) is 0 Å². The van der Waals surface area contributed by atoms with E-state index in [-0.39, 0.29) is 0 Å². The first-order valence-electron chi connectivity index (χ1n) is 7.59. The minimum atomic E-state index is 0.315. The highest BCUT2D eigenvalue weighted by atomic mass is 32.1. The Labute approximate surface area is 129 Å². The zero-order valence-electron chi connectivity index (χ0n) is 12.6. The van der Waals surface area contributed by atoms with E-state index in [0.29, 0.717) is 12.1 Å². The van der Waals surface area contributed by atoms with Gasteiger partial charge in [-0.3, -0.25) is 0 Å². The highest BCUT2D eigenvalue weighted by molar-refractivity contribution is 7.16. The average Bonchev–Trinajstić information content (AvgIpc) is 2.96. The van der Waals surface area contributed by atoms with E-state index in [2.05, 4.69) is 45.6 Å². The second-order valence-electron chi connectivity index (χ2n) is 5.41. The van der Waals surface area contributed by atoms with Crippen molar-refractivity contribution < 1.29 is 4.74 Å². The van der Waals surface area contributed by atoms with Gasteiger partial charge in [0.25, 0.3) is 0 Å². The lowest BCUT2D eigenvalue weighted by molar-refractivity contribution is 0.0215. The van der Waals surface area contributed by atoms with Crippen LogP contribution >= 0.6 is 11.3 Å². The van der Waals surface area contributed by atoms with Gasteiger partial charge in [0.1, 0.15) is 10.6 Å². The van der Waals surface area contributed by atoms with Crippen LogP contribution in [0.1, 0.15) is 26.2 Å². The molecule has 0 radical (unpaired) electrons. The highest BCUT2D eigenvalue weighted by Crippen LogP contribution is 2.29. The van der Waals surface area contributed by atoms with Crippen molar-refractivity contribution in [2.24, 2.45) is 0 Å². The van der Waals surface area contributed by atoms with Crippen molar-refractivity contribution >= 4 is 33.3 Å². The Morgan fingerprint density at radius 1 is 1.43 bits per heavy atom. The molecule has 1 N–H and O–H groups in total. The van der Waals surface area contributed by atoms with Crippen LogP contribution in [0.25, 0.3) is 10.2 Å². The quantitative estimate of drug-likeness (QED) is 0.919. The minimum absolute atomic E-state index is 0.315. The zero-order valence-corrected chi connectivity index (χ0v) is 13.4. The number of thiophene rings is 1. The monoisotopic (exact) mass is 306 g/mol. The molecule has 0 saturated carbocycles. The van der Waals surface area contributed by atoms with Gasteiger partial charge in [-0.25, -0.2) is 4.98 Å². The molecule has 0 amide bonds. The van der Waals surface area contributed by atoms with E-state index in [9.17, 15) is 0 Å². The van der Waals surface area contributed by atoms with Crippen molar-refractivity contribution in [3.63, 3.8) is 0 Å². The van der Waals surface area contributed by atoms with Crippen molar-refractivity contribution in [2.75, 3.05) is 37.0 Å². The normalized spacial score (nSPS) is 18.9. The van der Waals surface area contributed by atoms with Crippen LogP contribution in [-0.2, 0) is 4.74 Å². The van der Waals surface area contributed by atoms with E-state index in [0.717, 1.165) is 42.2 Å². The van der Waals surface area contributed by atoms with Gasteiger partial charge in [-0.2, -0.15) is 4.98 Å². The lowest BCUT2D eigenvalue weighted by Gasteiger charge is -2.28. The second-order valence-corrected chi connectivity index (χ2v) is 6.30. The summed E-state index contributed by atoms with van der Waals surface area (Å²) in [6.45, 7) is 4.65. The fourth-order valence-electron chi connectivity index (χ4n) is 2.71. The first-order valence-corrected chi connectivity index (χ1v) is 8.47. The Hall–Kier alpha value is -1.40. The van der Waals surface area contributed by atoms with E-state index >= 15 is 0 Å². The Morgan fingerprint density at radius 2 is 2.33 bits per heavy atom. The third kappa shape index (κ3) is 3.27. The van der Waals surface area contributed by atoms with Gasteiger partial charge in [-0.05, 0) is 37.6 Å². The Bertz CT molecular complexity index is 594. The number of hydrogen-bond acceptors (Lipinski definition) is 6. The maximum absolute atomic E-state index is 5.84. The lowest BCUT2D eigenvalue weighted by atomic mass is 10.1. The van der Waals surface area contributed by atoms with Crippen LogP contribution in [0.15, 0.2) is 11.4 Å². The van der Waals surface area contributed by atoms with Gasteiger partial charge in [-0.15, -0.1) is 11.3 Å². The molecule has 114 valence electrons. The Balaban J connectivity index is 1.84. The van der Waals surface area contributed by atoms with Crippen LogP contribution in [0.4, 0.5) is 11.8 Å². The van der Waals surface area contributed by atoms with E-state index in [1.54, 1.807) is 11.3 Å². The predicted molar refractivity (Wildman–Crippen MR) is 88.4 cm³/mol. The van der Waals surface area contributed by atoms with Gasteiger partial charge in [0.15, 0.2) is 0 Å². The first kappa shape index (κ1) is 14.5. The molecule has 0 spiro atoms. The molecule has 3 heterocycles. The summed E-state index contributed by atoms with van der Waals surface area (Å²) in [4.78, 5) is 12.5. The molecule has 1 aliphatic heterocycles. The van der Waals surface area contributed by atoms with Gasteiger partial charge in [-0.1, -0.05) is 0 Å². The number of hydrogen-bond donors (Lipinski definition) is 1. The number of nitrogens with zero attached hydrogens (tertiary/aromatic N) is 3. The molecule has 1 saturated heterocycles. The molecule has 1 atom stereocenters. The van der Waals surface area contributed by atoms with Crippen molar-refractivity contribution in [3.8, 4) is 0 Å². The summed E-state index contributed by atoms with van der Waals surface area (Å²) in [6.07, 6.45) is 3.91. The summed E-state index contributed by atoms with van der Waals surface area (Å²) in [7, 11) is 2.09. The van der Waals surface area contributed by atoms with Crippen LogP contribution in [0, 0.1) is 0 Å². The highest BCUT2D eigenvalue weighted by Gasteiger charge is 2.19. The number of fused-ring (bicyclic) bond motifs is 1. The lowest BCUT2D eigenvalue weighted by Crippen LogP contribution is -2.34. The molecule has 1 aliphatic rings. The van der Waals surface area contributed by atoms with Crippen LogP contribution in [0.2, 0.25) is 0 Å². The van der Waals surface area contributed by atoms with Crippen molar-refractivity contribution in [2.45, 2.75) is 32.3 Å². The minimum Gasteiger partial charge on any atom is -0.376 e. The molecule has 21 heavy (non-hydrogen) atoms. The maximum Gasteiger partial charge on any atom is 0.226 e. The van der Waals surface area contributed by atoms with Crippen molar-refractivity contribution in [1.29, 1.82) is 0 Å². The standard InChI is InChI=1S/C15H22N4OS/c1-3-16-15-17-13(12-7-9-21-14(12)18-15)19(2)10-11-6-4-5-8-20-11/h7,9,11H,3-6,8,10H2,1-2H3,(H,16,17,18). The molecule has 0 aliphatic carbocycles. The number of anilines is 2.